The summed E-state index contributed by atoms with van der Waals surface area (Å²) in [5.74, 6) is -1.62. The first-order valence-corrected chi connectivity index (χ1v) is 14.3. The molecule has 2 amide bonds. The summed E-state index contributed by atoms with van der Waals surface area (Å²) >= 11 is 0. The maximum atomic E-state index is 13.4. The normalized spacial score (nSPS) is 12.2. The first-order valence-electron chi connectivity index (χ1n) is 14.3. The van der Waals surface area contributed by atoms with Crippen molar-refractivity contribution in [3.8, 4) is 0 Å². The Hall–Kier alpha value is -4.99. The summed E-state index contributed by atoms with van der Waals surface area (Å²) in [7, 11) is 0. The molecule has 0 atom stereocenters. The van der Waals surface area contributed by atoms with Gasteiger partial charge in [0.15, 0.2) is 0 Å². The monoisotopic (exact) mass is 584 g/mol. The van der Waals surface area contributed by atoms with Crippen molar-refractivity contribution in [1.82, 2.24) is 0 Å². The second-order valence-corrected chi connectivity index (χ2v) is 10.0. The number of ether oxygens (including phenoxy) is 2. The zero-order chi connectivity index (χ0) is 30.9. The van der Waals surface area contributed by atoms with Crippen LogP contribution in [0.1, 0.15) is 64.1 Å². The van der Waals surface area contributed by atoms with Crippen molar-refractivity contribution in [3.05, 3.63) is 94.5 Å². The molecule has 0 bridgehead atoms. The van der Waals surface area contributed by atoms with Crippen LogP contribution in [0.25, 0.3) is 0 Å². The van der Waals surface area contributed by atoms with Crippen LogP contribution in [0.3, 0.4) is 0 Å². The van der Waals surface area contributed by atoms with Crippen LogP contribution in [0.5, 0.6) is 0 Å². The molecular weight excluding hydrogens is 548 g/mol. The number of amidine groups is 1. The van der Waals surface area contributed by atoms with Gasteiger partial charge in [-0.05, 0) is 86.7 Å². The molecule has 3 aromatic rings. The van der Waals surface area contributed by atoms with Crippen molar-refractivity contribution in [2.24, 2.45) is 5.73 Å². The minimum absolute atomic E-state index is 0.0959. The molecule has 0 spiro atoms. The number of nitrogens with two attached hydrogens (primary N) is 1. The van der Waals surface area contributed by atoms with Crippen molar-refractivity contribution in [3.63, 3.8) is 0 Å². The molecular formula is C33H36N4O6. The van der Waals surface area contributed by atoms with Crippen LogP contribution < -0.4 is 15.5 Å². The lowest BCUT2D eigenvalue weighted by atomic mass is 9.97. The summed E-state index contributed by atoms with van der Waals surface area (Å²) in [6.45, 7) is 4.17. The van der Waals surface area contributed by atoms with Gasteiger partial charge in [0.1, 0.15) is 12.4 Å². The van der Waals surface area contributed by atoms with Crippen molar-refractivity contribution < 1.29 is 28.7 Å². The minimum atomic E-state index is -0.512. The fourth-order valence-electron chi connectivity index (χ4n) is 5.13. The van der Waals surface area contributed by atoms with Crippen molar-refractivity contribution in [2.45, 2.75) is 39.5 Å². The number of nitrogens with zero attached hydrogens (tertiary/aromatic N) is 2. The van der Waals surface area contributed by atoms with E-state index in [0.29, 0.717) is 47.3 Å². The highest BCUT2D eigenvalue weighted by atomic mass is 16.5. The summed E-state index contributed by atoms with van der Waals surface area (Å²) in [5, 5.41) is 7.97. The van der Waals surface area contributed by atoms with E-state index >= 15 is 0 Å². The van der Waals surface area contributed by atoms with Gasteiger partial charge in [0.2, 0.25) is 5.91 Å². The highest BCUT2D eigenvalue weighted by Gasteiger charge is 2.26. The lowest BCUT2D eigenvalue weighted by Gasteiger charge is -2.31. The van der Waals surface area contributed by atoms with Gasteiger partial charge in [-0.15, -0.1) is 0 Å². The number of aryl methyl sites for hydroxylation is 2. The number of rotatable bonds is 11. The molecule has 0 saturated carbocycles. The molecule has 0 fully saturated rings. The Balaban J connectivity index is 1.54. The third-order valence-corrected chi connectivity index (χ3v) is 7.17. The van der Waals surface area contributed by atoms with E-state index in [4.69, 9.17) is 20.6 Å². The van der Waals surface area contributed by atoms with Gasteiger partial charge in [-0.25, -0.2) is 4.79 Å². The van der Waals surface area contributed by atoms with Gasteiger partial charge in [0, 0.05) is 35.5 Å². The van der Waals surface area contributed by atoms with Gasteiger partial charge >= 0.3 is 11.9 Å². The molecule has 1 heterocycles. The van der Waals surface area contributed by atoms with Crippen LogP contribution in [0.4, 0.5) is 11.4 Å². The summed E-state index contributed by atoms with van der Waals surface area (Å²) in [4.78, 5) is 54.6. The number of nitrogen functional groups attached to an aromatic ring is 1. The van der Waals surface area contributed by atoms with E-state index in [1.807, 2.05) is 18.2 Å². The van der Waals surface area contributed by atoms with Crippen LogP contribution in [-0.2, 0) is 31.9 Å². The van der Waals surface area contributed by atoms with E-state index in [1.54, 1.807) is 61.2 Å². The summed E-state index contributed by atoms with van der Waals surface area (Å²) in [6, 6.07) is 19.0. The average molecular weight is 585 g/mol. The van der Waals surface area contributed by atoms with E-state index in [1.165, 1.54) is 11.0 Å². The molecule has 0 aliphatic carbocycles. The van der Waals surface area contributed by atoms with Gasteiger partial charge in [0.05, 0.1) is 18.8 Å². The molecule has 0 unspecified atom stereocenters. The Morgan fingerprint density at radius 2 is 1.67 bits per heavy atom. The SMILES string of the molecule is CCOC(=O)CN(C(=O)c1ccccc1)c1ccc2c(c1)CCCN2C(=O)CCc1ccc(C(=O)OCC)cc1C(=N)N. The number of hydrogen-bond donors (Lipinski definition) is 2. The highest BCUT2D eigenvalue weighted by molar-refractivity contribution is 6.08. The van der Waals surface area contributed by atoms with Crippen LogP contribution in [0.2, 0.25) is 0 Å². The van der Waals surface area contributed by atoms with E-state index in [0.717, 1.165) is 17.7 Å². The summed E-state index contributed by atoms with van der Waals surface area (Å²) in [6.07, 6.45) is 1.95. The van der Waals surface area contributed by atoms with Gasteiger partial charge in [-0.3, -0.25) is 24.7 Å². The second kappa shape index (κ2) is 14.3. The predicted molar refractivity (Wildman–Crippen MR) is 164 cm³/mol. The van der Waals surface area contributed by atoms with Crippen molar-refractivity contribution in [2.75, 3.05) is 36.1 Å². The average Bonchev–Trinajstić information content (AvgIpc) is 3.02. The molecule has 3 aromatic carbocycles. The van der Waals surface area contributed by atoms with Gasteiger partial charge in [-0.1, -0.05) is 24.3 Å². The quantitative estimate of drug-likeness (QED) is 0.195. The molecule has 1 aliphatic heterocycles. The number of anilines is 2. The third-order valence-electron chi connectivity index (χ3n) is 7.17. The van der Waals surface area contributed by atoms with Crippen LogP contribution in [-0.4, -0.2) is 55.9 Å². The zero-order valence-electron chi connectivity index (χ0n) is 24.4. The molecule has 10 heteroatoms. The Morgan fingerprint density at radius 3 is 2.37 bits per heavy atom. The Bertz CT molecular complexity index is 1520. The number of carbonyl (C=O) groups excluding carboxylic acids is 4. The fraction of sp³-hybridized carbons (Fsp3) is 0.303. The van der Waals surface area contributed by atoms with Gasteiger partial charge in [0.25, 0.3) is 5.91 Å². The molecule has 0 aromatic heterocycles. The van der Waals surface area contributed by atoms with E-state index in [9.17, 15) is 19.2 Å². The van der Waals surface area contributed by atoms with E-state index in [-0.39, 0.29) is 43.8 Å². The molecule has 3 N–H and O–H groups in total. The standard InChI is InChI=1S/C33H36N4O6/c1-3-42-30(39)21-37(32(40)23-9-6-5-7-10-23)26-15-16-28-24(19-26)11-8-18-36(28)29(38)17-14-22-12-13-25(33(41)43-4-2)20-27(22)31(34)35/h5-7,9-10,12-13,15-16,19-20H,3-4,8,11,14,17-18,21H2,1-2H3,(H3,34,35). The lowest BCUT2D eigenvalue weighted by molar-refractivity contribution is -0.141. The molecule has 0 saturated heterocycles. The maximum absolute atomic E-state index is 13.4. The number of hydrogen-bond acceptors (Lipinski definition) is 7. The second-order valence-electron chi connectivity index (χ2n) is 10.0. The van der Waals surface area contributed by atoms with Crippen molar-refractivity contribution >= 4 is 41.0 Å². The van der Waals surface area contributed by atoms with Crippen LogP contribution >= 0.6 is 0 Å². The predicted octanol–water partition coefficient (Wildman–Crippen LogP) is 4.27. The van der Waals surface area contributed by atoms with Gasteiger partial charge in [-0.2, -0.15) is 0 Å². The molecule has 10 nitrogen and oxygen atoms in total. The number of carbonyl (C=O) groups is 4. The van der Waals surface area contributed by atoms with Crippen LogP contribution in [0.15, 0.2) is 66.7 Å². The minimum Gasteiger partial charge on any atom is -0.465 e. The number of fused-ring (bicyclic) bond motifs is 1. The van der Waals surface area contributed by atoms with Gasteiger partial charge < -0.3 is 20.1 Å². The Labute approximate surface area is 250 Å². The largest absolute Gasteiger partial charge is 0.465 e. The Morgan fingerprint density at radius 1 is 0.930 bits per heavy atom. The highest BCUT2D eigenvalue weighted by Crippen LogP contribution is 2.32. The topological polar surface area (TPSA) is 143 Å². The third kappa shape index (κ3) is 7.45. The summed E-state index contributed by atoms with van der Waals surface area (Å²) < 4.78 is 10.2. The first-order chi connectivity index (χ1) is 20.7. The summed E-state index contributed by atoms with van der Waals surface area (Å²) in [5.41, 5.74) is 9.82. The maximum Gasteiger partial charge on any atom is 0.338 e. The number of amides is 2. The van der Waals surface area contributed by atoms with E-state index < -0.39 is 11.9 Å². The Kier molecular flexibility index (Phi) is 10.3. The molecule has 43 heavy (non-hydrogen) atoms. The lowest BCUT2D eigenvalue weighted by Crippen LogP contribution is -2.38. The number of benzene rings is 3. The number of nitrogens with one attached hydrogen (secondary N) is 1. The van der Waals surface area contributed by atoms with E-state index in [2.05, 4.69) is 0 Å². The van der Waals surface area contributed by atoms with Crippen LogP contribution in [0, 0.1) is 5.41 Å². The zero-order valence-corrected chi connectivity index (χ0v) is 24.4. The molecule has 4 rings (SSSR count). The first kappa shape index (κ1) is 31.0. The molecule has 1 aliphatic rings. The smallest absolute Gasteiger partial charge is 0.338 e. The molecule has 0 radical (unpaired) electrons. The van der Waals surface area contributed by atoms with Crippen molar-refractivity contribution in [1.29, 1.82) is 5.41 Å². The fourth-order valence-corrected chi connectivity index (χ4v) is 5.13. The number of esters is 2. The molecule has 224 valence electrons.